The molecule has 0 bridgehead atoms. The third-order valence-electron chi connectivity index (χ3n) is 8.64. The van der Waals surface area contributed by atoms with Crippen molar-refractivity contribution in [3.05, 3.63) is 0 Å². The highest BCUT2D eigenvalue weighted by atomic mass is 16.5. The molecule has 1 saturated carbocycles. The summed E-state index contributed by atoms with van der Waals surface area (Å²) < 4.78 is 37.3. The molecule has 4 amide bonds. The molecule has 0 heterocycles. The topological polar surface area (TPSA) is 198 Å². The highest BCUT2D eigenvalue weighted by Crippen LogP contribution is 2.31. The Morgan fingerprint density at radius 2 is 0.911 bits per heavy atom. The lowest BCUT2D eigenvalue weighted by Crippen LogP contribution is -2.52. The van der Waals surface area contributed by atoms with Crippen LogP contribution in [-0.2, 0) is 57.1 Å². The molecule has 1 aliphatic carbocycles. The van der Waals surface area contributed by atoms with Crippen molar-refractivity contribution in [2.24, 2.45) is 5.92 Å². The summed E-state index contributed by atoms with van der Waals surface area (Å²) in [6.45, 7) is 5.39. The number of ether oxygens (including phenoxy) is 7. The van der Waals surface area contributed by atoms with E-state index in [1.807, 2.05) is 0 Å². The Kier molecular flexibility index (Phi) is 29.3. The number of rotatable bonds is 33. The Labute approximate surface area is 332 Å². The van der Waals surface area contributed by atoms with E-state index in [1.54, 1.807) is 0 Å². The first-order valence-corrected chi connectivity index (χ1v) is 19.2. The van der Waals surface area contributed by atoms with Crippen molar-refractivity contribution in [3.8, 4) is 37.0 Å². The Hall–Kier alpha value is -4.21. The molecule has 1 rings (SSSR count). The second-order valence-corrected chi connectivity index (χ2v) is 13.0. The predicted molar refractivity (Wildman–Crippen MR) is 207 cm³/mol. The van der Waals surface area contributed by atoms with E-state index in [-0.39, 0.29) is 139 Å². The lowest BCUT2D eigenvalue weighted by molar-refractivity contribution is -0.148. The monoisotopic (exact) mass is 790 g/mol. The van der Waals surface area contributed by atoms with Gasteiger partial charge in [-0.1, -0.05) is 17.8 Å². The van der Waals surface area contributed by atoms with Crippen LogP contribution in [0.25, 0.3) is 0 Å². The summed E-state index contributed by atoms with van der Waals surface area (Å²) in [4.78, 5) is 64.4. The molecule has 16 heteroatoms. The summed E-state index contributed by atoms with van der Waals surface area (Å²) in [5.41, 5.74) is -1.09. The second kappa shape index (κ2) is 33.0. The summed E-state index contributed by atoms with van der Waals surface area (Å²) in [5, 5.41) is 11.6. The minimum atomic E-state index is -1.09. The quantitative estimate of drug-likeness (QED) is 0.0412. The van der Waals surface area contributed by atoms with Crippen LogP contribution in [0.5, 0.6) is 0 Å². The first kappa shape index (κ1) is 49.8. The zero-order valence-corrected chi connectivity index (χ0v) is 33.0. The summed E-state index contributed by atoms with van der Waals surface area (Å²) in [6, 6.07) is 0. The smallest absolute Gasteiger partial charge is 0.302 e. The maximum Gasteiger partial charge on any atom is 0.302 e. The molecule has 0 unspecified atom stereocenters. The van der Waals surface area contributed by atoms with E-state index >= 15 is 0 Å². The standard InChI is InChI=1S/C40H62N4O12/c1-5-21-50-27-30-53-24-18-41-36(46)12-15-40(16-13-37(47)42-19-25-54-31-28-51-22-6-2,17-14-38(48)43-20-26-55-32-29-52-23-7-3)44-39(49)34-8-10-35(11-9-34)56-33(4)45/h1-3,34-35H,8-32H2,4H3,(H,41,46)(H,42,47)(H,43,48)(H,44,49)/t34-,35+. The molecular formula is C40H62N4O12. The van der Waals surface area contributed by atoms with Gasteiger partial charge in [0, 0.05) is 57.3 Å². The molecule has 56 heavy (non-hydrogen) atoms. The summed E-state index contributed by atoms with van der Waals surface area (Å²) in [7, 11) is 0. The molecule has 0 atom stereocenters. The number of hydrogen-bond donors (Lipinski definition) is 4. The van der Waals surface area contributed by atoms with Crippen LogP contribution in [0.1, 0.15) is 71.1 Å². The molecule has 314 valence electrons. The van der Waals surface area contributed by atoms with Crippen molar-refractivity contribution >= 4 is 29.6 Å². The van der Waals surface area contributed by atoms with Gasteiger partial charge < -0.3 is 54.4 Å². The number of carbonyl (C=O) groups excluding carboxylic acids is 5. The Morgan fingerprint density at radius 1 is 0.554 bits per heavy atom. The van der Waals surface area contributed by atoms with Crippen LogP contribution in [0.3, 0.4) is 0 Å². The molecule has 16 nitrogen and oxygen atoms in total. The molecule has 0 radical (unpaired) electrons. The zero-order chi connectivity index (χ0) is 41.1. The lowest BCUT2D eigenvalue weighted by atomic mass is 9.81. The van der Waals surface area contributed by atoms with Crippen LogP contribution in [0.4, 0.5) is 0 Å². The van der Waals surface area contributed by atoms with Gasteiger partial charge >= 0.3 is 5.97 Å². The lowest BCUT2D eigenvalue weighted by Gasteiger charge is -2.37. The molecule has 4 N–H and O–H groups in total. The first-order chi connectivity index (χ1) is 27.1. The molecule has 0 aromatic rings. The van der Waals surface area contributed by atoms with Gasteiger partial charge in [-0.3, -0.25) is 24.0 Å². The SMILES string of the molecule is C#CCOCCOCCNC(=O)CCC(CCC(=O)NCCOCCOCC#C)(CCC(=O)NCCOCCOCC#C)NC(=O)[C@H]1CC[C@@H](OC(C)=O)CC1. The van der Waals surface area contributed by atoms with Gasteiger partial charge in [0.2, 0.25) is 23.6 Å². The number of amides is 4. The van der Waals surface area contributed by atoms with Crippen molar-refractivity contribution in [3.63, 3.8) is 0 Å². The fourth-order valence-corrected chi connectivity index (χ4v) is 5.77. The summed E-state index contributed by atoms with van der Waals surface area (Å²) in [5.74, 6) is 5.30. The third-order valence-corrected chi connectivity index (χ3v) is 8.64. The van der Waals surface area contributed by atoms with Crippen LogP contribution in [-0.4, -0.2) is 140 Å². The van der Waals surface area contributed by atoms with Gasteiger partial charge in [0.15, 0.2) is 0 Å². The van der Waals surface area contributed by atoms with Crippen LogP contribution in [0, 0.1) is 42.9 Å². The molecule has 0 aliphatic heterocycles. The third kappa shape index (κ3) is 26.6. The van der Waals surface area contributed by atoms with Gasteiger partial charge in [0.05, 0.1) is 59.5 Å². The van der Waals surface area contributed by atoms with Crippen LogP contribution in [0.15, 0.2) is 0 Å². The van der Waals surface area contributed by atoms with Crippen LogP contribution >= 0.6 is 0 Å². The fraction of sp³-hybridized carbons (Fsp3) is 0.725. The molecule has 0 saturated heterocycles. The van der Waals surface area contributed by atoms with E-state index in [9.17, 15) is 24.0 Å². The molecule has 1 aliphatic rings. The Balaban J connectivity index is 2.98. The largest absolute Gasteiger partial charge is 0.463 e. The van der Waals surface area contributed by atoms with E-state index in [4.69, 9.17) is 52.4 Å². The van der Waals surface area contributed by atoms with Gasteiger partial charge in [-0.25, -0.2) is 0 Å². The van der Waals surface area contributed by atoms with Crippen molar-refractivity contribution < 1.29 is 57.1 Å². The van der Waals surface area contributed by atoms with E-state index < -0.39 is 5.54 Å². The average molecular weight is 791 g/mol. The zero-order valence-electron chi connectivity index (χ0n) is 33.0. The van der Waals surface area contributed by atoms with Gasteiger partial charge in [0.25, 0.3) is 0 Å². The maximum absolute atomic E-state index is 13.9. The minimum Gasteiger partial charge on any atom is -0.463 e. The number of terminal acetylenes is 3. The van der Waals surface area contributed by atoms with Crippen LogP contribution < -0.4 is 21.3 Å². The number of hydrogen-bond acceptors (Lipinski definition) is 12. The molecule has 0 spiro atoms. The van der Waals surface area contributed by atoms with Crippen molar-refractivity contribution in [2.75, 3.05) is 98.9 Å². The highest BCUT2D eigenvalue weighted by molar-refractivity contribution is 5.81. The average Bonchev–Trinajstić information content (AvgIpc) is 3.18. The van der Waals surface area contributed by atoms with Gasteiger partial charge in [0.1, 0.15) is 25.9 Å². The van der Waals surface area contributed by atoms with E-state index in [2.05, 4.69) is 39.0 Å². The van der Waals surface area contributed by atoms with Crippen LogP contribution in [0.2, 0.25) is 0 Å². The number of esters is 1. The number of nitrogens with one attached hydrogen (secondary N) is 4. The molecule has 0 aromatic heterocycles. The maximum atomic E-state index is 13.9. The van der Waals surface area contributed by atoms with E-state index in [0.717, 1.165) is 0 Å². The van der Waals surface area contributed by atoms with Gasteiger partial charge in [-0.05, 0) is 44.9 Å². The first-order valence-electron chi connectivity index (χ1n) is 19.2. The summed E-state index contributed by atoms with van der Waals surface area (Å²) >= 11 is 0. The second-order valence-electron chi connectivity index (χ2n) is 13.0. The number of carbonyl (C=O) groups is 5. The van der Waals surface area contributed by atoms with Gasteiger partial charge in [-0.15, -0.1) is 19.3 Å². The van der Waals surface area contributed by atoms with Gasteiger partial charge in [-0.2, -0.15) is 0 Å². The molecule has 0 aromatic carbocycles. The van der Waals surface area contributed by atoms with Crippen molar-refractivity contribution in [2.45, 2.75) is 82.8 Å². The normalized spacial score (nSPS) is 15.0. The molecular weight excluding hydrogens is 728 g/mol. The van der Waals surface area contributed by atoms with E-state index in [1.165, 1.54) is 6.92 Å². The summed E-state index contributed by atoms with van der Waals surface area (Å²) in [6.07, 6.45) is 17.8. The Bertz CT molecular complexity index is 1150. The Morgan fingerprint density at radius 3 is 1.25 bits per heavy atom. The van der Waals surface area contributed by atoms with Crippen molar-refractivity contribution in [1.29, 1.82) is 0 Å². The van der Waals surface area contributed by atoms with Crippen molar-refractivity contribution in [1.82, 2.24) is 21.3 Å². The molecule has 1 fully saturated rings. The minimum absolute atomic E-state index is 0.0131. The van der Waals surface area contributed by atoms with E-state index in [0.29, 0.717) is 65.3 Å². The predicted octanol–water partition coefficient (Wildman–Crippen LogP) is 0.652. The fourth-order valence-electron chi connectivity index (χ4n) is 5.77. The highest BCUT2D eigenvalue weighted by Gasteiger charge is 2.37.